The van der Waals surface area contributed by atoms with Crippen molar-refractivity contribution < 1.29 is 13.9 Å². The number of pyridine rings is 1. The molecule has 2 heterocycles. The fourth-order valence-electron chi connectivity index (χ4n) is 5.30. The normalized spacial score (nSPS) is 31.6. The zero-order valence-corrected chi connectivity index (χ0v) is 13.7. The lowest BCUT2D eigenvalue weighted by atomic mass is 9.62. The minimum absolute atomic E-state index is 0.180. The number of nitrogens with zero attached hydrogens (tertiary/aromatic N) is 1. The average Bonchev–Trinajstić information content (AvgIpc) is 3.08. The van der Waals surface area contributed by atoms with E-state index in [4.69, 9.17) is 9.47 Å². The maximum absolute atomic E-state index is 13.8. The van der Waals surface area contributed by atoms with Gasteiger partial charge in [0.15, 0.2) is 5.79 Å². The summed E-state index contributed by atoms with van der Waals surface area (Å²) in [4.78, 5) is 4.41. The maximum Gasteiger partial charge on any atom is 0.171 e. The van der Waals surface area contributed by atoms with Gasteiger partial charge in [-0.3, -0.25) is 4.98 Å². The van der Waals surface area contributed by atoms with E-state index in [1.54, 1.807) is 12.1 Å². The first-order valence-corrected chi connectivity index (χ1v) is 9.07. The minimum Gasteiger partial charge on any atom is -0.347 e. The molecular formula is C20H22FNO2. The van der Waals surface area contributed by atoms with Gasteiger partial charge in [0.05, 0.1) is 18.7 Å². The van der Waals surface area contributed by atoms with E-state index < -0.39 is 0 Å². The van der Waals surface area contributed by atoms with Crippen LogP contribution in [0.3, 0.4) is 0 Å². The molecular weight excluding hydrogens is 305 g/mol. The largest absolute Gasteiger partial charge is 0.347 e. The van der Waals surface area contributed by atoms with Crippen LogP contribution in [0.4, 0.5) is 4.39 Å². The van der Waals surface area contributed by atoms with E-state index in [0.29, 0.717) is 17.8 Å². The van der Waals surface area contributed by atoms with Crippen LogP contribution in [0, 0.1) is 17.7 Å². The smallest absolute Gasteiger partial charge is 0.171 e. The summed E-state index contributed by atoms with van der Waals surface area (Å²) in [5.74, 6) is 1.16. The van der Waals surface area contributed by atoms with E-state index in [1.165, 1.54) is 11.6 Å². The Labute approximate surface area is 141 Å². The molecule has 1 saturated heterocycles. The zero-order valence-electron chi connectivity index (χ0n) is 13.7. The van der Waals surface area contributed by atoms with Crippen LogP contribution in [-0.4, -0.2) is 24.0 Å². The SMILES string of the molecule is Fc1ccc2nccc(C3CCC4CC3CCC43OCCO3)c2c1. The van der Waals surface area contributed by atoms with Crippen molar-refractivity contribution in [2.75, 3.05) is 13.2 Å². The predicted octanol–water partition coefficient (Wildman–Crippen LogP) is 4.41. The summed E-state index contributed by atoms with van der Waals surface area (Å²) in [7, 11) is 0. The molecule has 24 heavy (non-hydrogen) atoms. The van der Waals surface area contributed by atoms with E-state index in [0.717, 1.165) is 56.2 Å². The van der Waals surface area contributed by atoms with Crippen LogP contribution in [0.25, 0.3) is 10.9 Å². The molecule has 1 spiro atoms. The fraction of sp³-hybridized carbons (Fsp3) is 0.550. The number of benzene rings is 1. The highest BCUT2D eigenvalue weighted by atomic mass is 19.1. The molecule has 2 aromatic rings. The molecule has 1 aromatic heterocycles. The second-order valence-electron chi connectivity index (χ2n) is 7.49. The predicted molar refractivity (Wildman–Crippen MR) is 89.1 cm³/mol. The zero-order chi connectivity index (χ0) is 16.1. The average molecular weight is 327 g/mol. The molecule has 3 nitrogen and oxygen atoms in total. The summed E-state index contributed by atoms with van der Waals surface area (Å²) in [6.45, 7) is 1.47. The van der Waals surface area contributed by atoms with Crippen molar-refractivity contribution in [2.45, 2.75) is 43.8 Å². The molecule has 3 fully saturated rings. The molecule has 0 N–H and O–H groups in total. The number of rotatable bonds is 1. The van der Waals surface area contributed by atoms with Crippen LogP contribution < -0.4 is 0 Å². The van der Waals surface area contributed by atoms with E-state index in [1.807, 2.05) is 6.20 Å². The van der Waals surface area contributed by atoms with E-state index in [9.17, 15) is 4.39 Å². The summed E-state index contributed by atoms with van der Waals surface area (Å²) in [6, 6.07) is 7.03. The van der Waals surface area contributed by atoms with Crippen molar-refractivity contribution in [2.24, 2.45) is 11.8 Å². The minimum atomic E-state index is -0.298. The summed E-state index contributed by atoms with van der Waals surface area (Å²) >= 11 is 0. The third-order valence-corrected chi connectivity index (χ3v) is 6.38. The van der Waals surface area contributed by atoms with Gasteiger partial charge in [-0.2, -0.15) is 0 Å². The molecule has 5 rings (SSSR count). The fourth-order valence-corrected chi connectivity index (χ4v) is 5.30. The van der Waals surface area contributed by atoms with Gasteiger partial charge in [-0.25, -0.2) is 4.39 Å². The summed E-state index contributed by atoms with van der Waals surface area (Å²) in [5.41, 5.74) is 2.16. The van der Waals surface area contributed by atoms with Gasteiger partial charge in [0.2, 0.25) is 0 Å². The van der Waals surface area contributed by atoms with Gasteiger partial charge < -0.3 is 9.47 Å². The van der Waals surface area contributed by atoms with Crippen molar-refractivity contribution in [3.05, 3.63) is 41.8 Å². The number of halogens is 1. The van der Waals surface area contributed by atoms with Crippen LogP contribution in [0.5, 0.6) is 0 Å². The van der Waals surface area contributed by atoms with Crippen molar-refractivity contribution >= 4 is 10.9 Å². The van der Waals surface area contributed by atoms with E-state index in [-0.39, 0.29) is 11.6 Å². The third kappa shape index (κ3) is 2.20. The molecule has 3 atom stereocenters. The lowest BCUT2D eigenvalue weighted by Gasteiger charge is -2.48. The Morgan fingerprint density at radius 3 is 2.83 bits per heavy atom. The molecule has 1 aliphatic heterocycles. The molecule has 2 saturated carbocycles. The number of ether oxygens (including phenoxy) is 2. The third-order valence-electron chi connectivity index (χ3n) is 6.38. The lowest BCUT2D eigenvalue weighted by Crippen LogP contribution is -2.47. The number of hydrogen-bond acceptors (Lipinski definition) is 3. The quantitative estimate of drug-likeness (QED) is 0.777. The summed E-state index contributed by atoms with van der Waals surface area (Å²) < 4.78 is 25.8. The second-order valence-corrected chi connectivity index (χ2v) is 7.49. The monoisotopic (exact) mass is 327 g/mol. The highest BCUT2D eigenvalue weighted by Crippen LogP contribution is 2.54. The lowest BCUT2D eigenvalue weighted by molar-refractivity contribution is -0.228. The Bertz CT molecular complexity index is 771. The first-order chi connectivity index (χ1) is 11.8. The van der Waals surface area contributed by atoms with Gasteiger partial charge in [-0.1, -0.05) is 0 Å². The molecule has 3 unspecified atom stereocenters. The van der Waals surface area contributed by atoms with Crippen LogP contribution in [0.2, 0.25) is 0 Å². The topological polar surface area (TPSA) is 31.4 Å². The Kier molecular flexibility index (Phi) is 3.39. The van der Waals surface area contributed by atoms with Gasteiger partial charge >= 0.3 is 0 Å². The van der Waals surface area contributed by atoms with Gasteiger partial charge in [0.25, 0.3) is 0 Å². The number of aromatic nitrogens is 1. The van der Waals surface area contributed by atoms with E-state index in [2.05, 4.69) is 11.1 Å². The highest BCUT2D eigenvalue weighted by Gasteiger charge is 2.51. The molecule has 4 heteroatoms. The summed E-state index contributed by atoms with van der Waals surface area (Å²) in [6.07, 6.45) is 7.40. The molecule has 2 aliphatic carbocycles. The molecule has 1 aromatic carbocycles. The molecule has 126 valence electrons. The Balaban J connectivity index is 1.48. The molecule has 2 bridgehead atoms. The molecule has 3 aliphatic rings. The first kappa shape index (κ1) is 14.8. The highest BCUT2D eigenvalue weighted by molar-refractivity contribution is 5.82. The van der Waals surface area contributed by atoms with Crippen LogP contribution in [0.15, 0.2) is 30.5 Å². The molecule has 0 amide bonds. The van der Waals surface area contributed by atoms with E-state index >= 15 is 0 Å². The second kappa shape index (κ2) is 5.50. The van der Waals surface area contributed by atoms with Crippen LogP contribution >= 0.6 is 0 Å². The standard InChI is InChI=1S/C20H22FNO2/c21-15-2-4-19-18(12-15)17(6-8-22-19)16-3-1-14-11-13(16)5-7-20(14)23-9-10-24-20/h2,4,6,8,12-14,16H,1,3,5,7,9-11H2. The van der Waals surface area contributed by atoms with Gasteiger partial charge in [-0.15, -0.1) is 0 Å². The number of fused-ring (bicyclic) bond motifs is 4. The van der Waals surface area contributed by atoms with Crippen LogP contribution in [0.1, 0.15) is 43.6 Å². The number of hydrogen-bond donors (Lipinski definition) is 0. The molecule has 0 radical (unpaired) electrons. The maximum atomic E-state index is 13.8. The van der Waals surface area contributed by atoms with Crippen molar-refractivity contribution in [1.29, 1.82) is 0 Å². The van der Waals surface area contributed by atoms with Gasteiger partial charge in [0.1, 0.15) is 5.82 Å². The van der Waals surface area contributed by atoms with Crippen molar-refractivity contribution in [3.63, 3.8) is 0 Å². The Morgan fingerprint density at radius 2 is 1.96 bits per heavy atom. The Morgan fingerprint density at radius 1 is 1.08 bits per heavy atom. The first-order valence-electron chi connectivity index (χ1n) is 9.07. The van der Waals surface area contributed by atoms with Gasteiger partial charge in [-0.05, 0) is 67.3 Å². The Hall–Kier alpha value is -1.52. The van der Waals surface area contributed by atoms with Crippen molar-refractivity contribution in [3.8, 4) is 0 Å². The summed E-state index contributed by atoms with van der Waals surface area (Å²) in [5, 5.41) is 0.981. The van der Waals surface area contributed by atoms with Gasteiger partial charge in [0, 0.05) is 23.9 Å². The van der Waals surface area contributed by atoms with Crippen LogP contribution in [-0.2, 0) is 9.47 Å². The van der Waals surface area contributed by atoms with Crippen molar-refractivity contribution in [1.82, 2.24) is 4.98 Å².